The summed E-state index contributed by atoms with van der Waals surface area (Å²) in [6, 6.07) is 4.79. The summed E-state index contributed by atoms with van der Waals surface area (Å²) >= 11 is 0. The fourth-order valence-electron chi connectivity index (χ4n) is 2.39. The number of methoxy groups -OCH3 is 1. The number of rotatable bonds is 3. The van der Waals surface area contributed by atoms with E-state index in [9.17, 15) is 13.2 Å². The van der Waals surface area contributed by atoms with Crippen molar-refractivity contribution in [3.63, 3.8) is 0 Å². The predicted octanol–water partition coefficient (Wildman–Crippen LogP) is 0.764. The number of sulfonamides is 1. The number of carbonyl (C=O) groups excluding carboxylic acids is 1. The molecule has 0 radical (unpaired) electrons. The van der Waals surface area contributed by atoms with Gasteiger partial charge in [0.15, 0.2) is 0 Å². The third-order valence-corrected chi connectivity index (χ3v) is 5.41. The lowest BCUT2D eigenvalue weighted by atomic mass is 10.1. The summed E-state index contributed by atoms with van der Waals surface area (Å²) in [5.74, 6) is -0.638. The van der Waals surface area contributed by atoms with E-state index in [1.54, 1.807) is 19.1 Å². The van der Waals surface area contributed by atoms with Crippen LogP contribution in [0.5, 0.6) is 0 Å². The van der Waals surface area contributed by atoms with E-state index in [1.807, 2.05) is 6.92 Å². The smallest absolute Gasteiger partial charge is 0.339 e. The molecule has 1 unspecified atom stereocenters. The molecule has 0 spiro atoms. The maximum Gasteiger partial charge on any atom is 0.339 e. The van der Waals surface area contributed by atoms with Crippen LogP contribution in [0.4, 0.5) is 0 Å². The van der Waals surface area contributed by atoms with Crippen LogP contribution in [0, 0.1) is 6.92 Å². The number of hydrogen-bond donors (Lipinski definition) is 1. The molecule has 116 valence electrons. The third kappa shape index (κ3) is 3.25. The molecule has 0 aromatic heterocycles. The van der Waals surface area contributed by atoms with Gasteiger partial charge in [-0.1, -0.05) is 11.6 Å². The van der Waals surface area contributed by atoms with Crippen LogP contribution >= 0.6 is 0 Å². The van der Waals surface area contributed by atoms with Crippen LogP contribution in [0.2, 0.25) is 0 Å². The molecular weight excluding hydrogens is 292 g/mol. The van der Waals surface area contributed by atoms with E-state index >= 15 is 0 Å². The maximum absolute atomic E-state index is 12.8. The maximum atomic E-state index is 12.8. The number of carbonyl (C=O) groups is 1. The second-order valence-corrected chi connectivity index (χ2v) is 7.12. The van der Waals surface area contributed by atoms with Gasteiger partial charge in [-0.2, -0.15) is 4.31 Å². The quantitative estimate of drug-likeness (QED) is 0.834. The van der Waals surface area contributed by atoms with Gasteiger partial charge in [0.1, 0.15) is 0 Å². The van der Waals surface area contributed by atoms with Crippen molar-refractivity contribution in [2.75, 3.05) is 26.7 Å². The van der Waals surface area contributed by atoms with Crippen molar-refractivity contribution in [3.8, 4) is 0 Å². The predicted molar refractivity (Wildman–Crippen MR) is 78.7 cm³/mol. The lowest BCUT2D eigenvalue weighted by Gasteiger charge is -2.31. The first-order valence-corrected chi connectivity index (χ1v) is 8.22. The monoisotopic (exact) mass is 312 g/mol. The molecule has 21 heavy (non-hydrogen) atoms. The Bertz CT molecular complexity index is 642. The molecule has 2 rings (SSSR count). The molecule has 1 aromatic rings. The summed E-state index contributed by atoms with van der Waals surface area (Å²) in [6.45, 7) is 5.10. The van der Waals surface area contributed by atoms with Crippen LogP contribution in [-0.2, 0) is 14.8 Å². The first-order chi connectivity index (χ1) is 9.86. The highest BCUT2D eigenvalue weighted by atomic mass is 32.2. The molecule has 0 aliphatic carbocycles. The van der Waals surface area contributed by atoms with Gasteiger partial charge in [0.25, 0.3) is 0 Å². The molecule has 1 saturated heterocycles. The number of nitrogens with zero attached hydrogens (tertiary/aromatic N) is 1. The molecule has 0 bridgehead atoms. The van der Waals surface area contributed by atoms with Crippen molar-refractivity contribution in [1.82, 2.24) is 9.62 Å². The fourth-order valence-corrected chi connectivity index (χ4v) is 4.08. The number of hydrogen-bond acceptors (Lipinski definition) is 5. The number of piperazine rings is 1. The van der Waals surface area contributed by atoms with Gasteiger partial charge in [-0.25, -0.2) is 13.2 Å². The second-order valence-electron chi connectivity index (χ2n) is 5.21. The van der Waals surface area contributed by atoms with Crippen molar-refractivity contribution < 1.29 is 17.9 Å². The van der Waals surface area contributed by atoms with Crippen molar-refractivity contribution in [3.05, 3.63) is 29.3 Å². The summed E-state index contributed by atoms with van der Waals surface area (Å²) in [5, 5.41) is 3.20. The van der Waals surface area contributed by atoms with Crippen LogP contribution in [0.25, 0.3) is 0 Å². The summed E-state index contributed by atoms with van der Waals surface area (Å²) < 4.78 is 31.7. The topological polar surface area (TPSA) is 75.7 Å². The van der Waals surface area contributed by atoms with Crippen LogP contribution in [0.1, 0.15) is 22.8 Å². The van der Waals surface area contributed by atoms with Gasteiger partial charge in [0.2, 0.25) is 10.0 Å². The number of ether oxygens (including phenoxy) is 1. The van der Waals surface area contributed by atoms with Gasteiger partial charge in [-0.15, -0.1) is 0 Å². The number of aryl methyl sites for hydroxylation is 1. The van der Waals surface area contributed by atoms with E-state index in [0.29, 0.717) is 19.6 Å². The number of benzene rings is 1. The lowest BCUT2D eigenvalue weighted by Crippen LogP contribution is -2.51. The summed E-state index contributed by atoms with van der Waals surface area (Å²) in [4.78, 5) is 11.9. The Morgan fingerprint density at radius 3 is 2.76 bits per heavy atom. The highest BCUT2D eigenvalue weighted by Crippen LogP contribution is 2.23. The summed E-state index contributed by atoms with van der Waals surface area (Å²) in [6.07, 6.45) is 0. The van der Waals surface area contributed by atoms with Gasteiger partial charge in [0, 0.05) is 25.7 Å². The molecule has 0 saturated carbocycles. The summed E-state index contributed by atoms with van der Waals surface area (Å²) in [5.41, 5.74) is 0.895. The normalized spacial score (nSPS) is 20.2. The van der Waals surface area contributed by atoms with Crippen molar-refractivity contribution >= 4 is 16.0 Å². The summed E-state index contributed by atoms with van der Waals surface area (Å²) in [7, 11) is -2.46. The zero-order chi connectivity index (χ0) is 15.6. The van der Waals surface area contributed by atoms with Crippen LogP contribution < -0.4 is 5.32 Å². The van der Waals surface area contributed by atoms with Crippen molar-refractivity contribution in [2.24, 2.45) is 0 Å². The molecule has 6 nitrogen and oxygen atoms in total. The molecule has 1 aromatic carbocycles. The zero-order valence-corrected chi connectivity index (χ0v) is 13.2. The number of nitrogens with one attached hydrogen (secondary N) is 1. The Morgan fingerprint density at radius 1 is 1.43 bits per heavy atom. The molecule has 1 atom stereocenters. The van der Waals surface area contributed by atoms with Gasteiger partial charge in [0.05, 0.1) is 17.6 Å². The molecular formula is C14H20N2O4S. The second kappa shape index (κ2) is 6.13. The molecule has 1 N–H and O–H groups in total. The Labute approximate surface area is 125 Å². The highest BCUT2D eigenvalue weighted by molar-refractivity contribution is 7.89. The van der Waals surface area contributed by atoms with Gasteiger partial charge >= 0.3 is 5.97 Å². The Balaban J connectivity index is 2.47. The SMILES string of the molecule is COC(=O)c1cc(C)ccc1S(=O)(=O)N1CCNC(C)C1. The molecule has 7 heteroatoms. The van der Waals surface area contributed by atoms with Gasteiger partial charge in [-0.3, -0.25) is 0 Å². The highest BCUT2D eigenvalue weighted by Gasteiger charge is 2.31. The van der Waals surface area contributed by atoms with E-state index in [2.05, 4.69) is 5.32 Å². The first-order valence-electron chi connectivity index (χ1n) is 6.78. The van der Waals surface area contributed by atoms with Gasteiger partial charge in [-0.05, 0) is 26.0 Å². The Hall–Kier alpha value is -1.44. The van der Waals surface area contributed by atoms with Gasteiger partial charge < -0.3 is 10.1 Å². The van der Waals surface area contributed by atoms with Crippen LogP contribution in [0.3, 0.4) is 0 Å². The zero-order valence-electron chi connectivity index (χ0n) is 12.4. The fraction of sp³-hybridized carbons (Fsp3) is 0.500. The first kappa shape index (κ1) is 15.9. The average Bonchev–Trinajstić information content (AvgIpc) is 2.46. The van der Waals surface area contributed by atoms with Crippen LogP contribution in [0.15, 0.2) is 23.1 Å². The van der Waals surface area contributed by atoms with E-state index in [1.165, 1.54) is 17.5 Å². The minimum Gasteiger partial charge on any atom is -0.465 e. The van der Waals surface area contributed by atoms with Crippen molar-refractivity contribution in [2.45, 2.75) is 24.8 Å². The average molecular weight is 312 g/mol. The molecule has 1 aliphatic rings. The van der Waals surface area contributed by atoms with E-state index < -0.39 is 16.0 Å². The standard InChI is InChI=1S/C14H20N2O4S/c1-10-4-5-13(12(8-10)14(17)20-3)21(18,19)16-7-6-15-11(2)9-16/h4-5,8,11,15H,6-7,9H2,1-3H3. The minimum atomic E-state index is -3.70. The molecule has 1 heterocycles. The van der Waals surface area contributed by atoms with E-state index in [4.69, 9.17) is 4.74 Å². The molecule has 1 fully saturated rings. The third-order valence-electron chi connectivity index (χ3n) is 3.49. The lowest BCUT2D eigenvalue weighted by molar-refractivity contribution is 0.0596. The Morgan fingerprint density at radius 2 is 2.14 bits per heavy atom. The molecule has 1 aliphatic heterocycles. The van der Waals surface area contributed by atoms with Crippen molar-refractivity contribution in [1.29, 1.82) is 0 Å². The van der Waals surface area contributed by atoms with E-state index in [0.717, 1.165) is 5.56 Å². The largest absolute Gasteiger partial charge is 0.465 e. The number of esters is 1. The Kier molecular flexibility index (Phi) is 4.65. The van der Waals surface area contributed by atoms with E-state index in [-0.39, 0.29) is 16.5 Å². The van der Waals surface area contributed by atoms with Crippen LogP contribution in [-0.4, -0.2) is 51.5 Å². The molecule has 0 amide bonds. The minimum absolute atomic E-state index is 0.00838.